The van der Waals surface area contributed by atoms with Crippen LogP contribution in [-0.4, -0.2) is 20.0 Å². The van der Waals surface area contributed by atoms with E-state index >= 15 is 0 Å². The number of Topliss-reactive ketones (excluding diaryl/α,β-unsaturated/α-hetero) is 1. The van der Waals surface area contributed by atoms with E-state index in [0.29, 0.717) is 23.8 Å². The predicted molar refractivity (Wildman–Crippen MR) is 141 cm³/mol. The number of fused-ring (bicyclic) bond motifs is 1. The molecule has 5 nitrogen and oxygen atoms in total. The molecule has 35 heavy (non-hydrogen) atoms. The molecule has 0 amide bonds. The van der Waals surface area contributed by atoms with Gasteiger partial charge in [-0.15, -0.1) is 0 Å². The molecule has 0 bridgehead atoms. The maximum absolute atomic E-state index is 13.8. The van der Waals surface area contributed by atoms with E-state index < -0.39 is 0 Å². The van der Waals surface area contributed by atoms with Gasteiger partial charge >= 0.3 is 0 Å². The Balaban J connectivity index is 1.56. The highest BCUT2D eigenvalue weighted by molar-refractivity contribution is 6.01. The molecule has 0 fully saturated rings. The molecule has 1 aliphatic carbocycles. The summed E-state index contributed by atoms with van der Waals surface area (Å²) in [5, 5.41) is 7.28. The highest BCUT2D eigenvalue weighted by Gasteiger charge is 2.36. The summed E-state index contributed by atoms with van der Waals surface area (Å²) in [4.78, 5) is 13.8. The van der Waals surface area contributed by atoms with Gasteiger partial charge in [0, 0.05) is 17.7 Å². The Morgan fingerprint density at radius 3 is 2.20 bits per heavy atom. The normalized spacial score (nSPS) is 19.3. The highest BCUT2D eigenvalue weighted by atomic mass is 16.5. The topological polar surface area (TPSA) is 59.6 Å². The third kappa shape index (κ3) is 4.39. The lowest BCUT2D eigenvalue weighted by molar-refractivity contribution is -0.116. The van der Waals surface area contributed by atoms with Crippen molar-refractivity contribution in [1.29, 1.82) is 0 Å². The number of carbonyl (C=O) groups excluding carboxylic acids is 1. The second-order valence-corrected chi connectivity index (χ2v) is 9.60. The Labute approximate surface area is 207 Å². The molecule has 3 aromatic rings. The van der Waals surface area contributed by atoms with Gasteiger partial charge in [-0.3, -0.25) is 4.79 Å². The van der Waals surface area contributed by atoms with E-state index in [9.17, 15) is 4.79 Å². The molecule has 1 heterocycles. The molecule has 0 spiro atoms. The Bertz CT molecular complexity index is 1280. The average molecular weight is 469 g/mol. The Kier molecular flexibility index (Phi) is 6.25. The lowest BCUT2D eigenvalue weighted by Crippen LogP contribution is -2.26. The molecular weight excluding hydrogens is 436 g/mol. The van der Waals surface area contributed by atoms with Crippen LogP contribution in [0.4, 0.5) is 11.4 Å². The maximum Gasteiger partial charge on any atom is 0.163 e. The maximum atomic E-state index is 13.8. The molecule has 2 atom stereocenters. The van der Waals surface area contributed by atoms with Crippen LogP contribution in [0.15, 0.2) is 78.0 Å². The summed E-state index contributed by atoms with van der Waals surface area (Å²) in [6, 6.07) is 22.5. The summed E-state index contributed by atoms with van der Waals surface area (Å²) in [5.41, 5.74) is 7.26. The van der Waals surface area contributed by atoms with Crippen molar-refractivity contribution in [2.75, 3.05) is 24.9 Å². The number of benzene rings is 3. The number of methoxy groups -OCH3 is 2. The predicted octanol–water partition coefficient (Wildman–Crippen LogP) is 6.81. The fourth-order valence-corrected chi connectivity index (χ4v) is 5.16. The van der Waals surface area contributed by atoms with Crippen molar-refractivity contribution >= 4 is 17.2 Å². The monoisotopic (exact) mass is 468 g/mol. The number of ketones is 1. The van der Waals surface area contributed by atoms with Crippen molar-refractivity contribution in [1.82, 2.24) is 0 Å². The zero-order chi connectivity index (χ0) is 24.5. The number of carbonyl (C=O) groups is 1. The van der Waals surface area contributed by atoms with E-state index in [1.54, 1.807) is 14.2 Å². The van der Waals surface area contributed by atoms with Crippen molar-refractivity contribution < 1.29 is 14.3 Å². The average Bonchev–Trinajstić information content (AvgIpc) is 3.05. The van der Waals surface area contributed by atoms with Gasteiger partial charge in [0.05, 0.1) is 31.6 Å². The smallest absolute Gasteiger partial charge is 0.163 e. The summed E-state index contributed by atoms with van der Waals surface area (Å²) < 4.78 is 10.9. The van der Waals surface area contributed by atoms with Crippen LogP contribution in [-0.2, 0) is 4.79 Å². The van der Waals surface area contributed by atoms with E-state index in [-0.39, 0.29) is 17.7 Å². The van der Waals surface area contributed by atoms with Gasteiger partial charge in [-0.2, -0.15) is 0 Å². The molecule has 1 aliphatic heterocycles. The van der Waals surface area contributed by atoms with Crippen LogP contribution in [0.5, 0.6) is 11.5 Å². The standard InChI is InChI=1S/C30H32N2O3/c1-18(2)19-9-11-20(12-10-19)30-29-25(31-23-7-5-6-8-24(23)32-30)15-22(16-26(29)33)21-13-14-27(34-3)28(17-21)35-4/h5-14,17-18,22,30-32H,15-16H2,1-4H3/t22-,30-/m1/s1. The third-order valence-electron chi connectivity index (χ3n) is 7.12. The number of hydrogen-bond acceptors (Lipinski definition) is 5. The fraction of sp³-hybridized carbons (Fsp3) is 0.300. The number of nitrogens with one attached hydrogen (secondary N) is 2. The molecule has 0 radical (unpaired) electrons. The van der Waals surface area contributed by atoms with Crippen LogP contribution in [0.3, 0.4) is 0 Å². The summed E-state index contributed by atoms with van der Waals surface area (Å²) in [7, 11) is 3.27. The molecule has 5 heteroatoms. The van der Waals surface area contributed by atoms with Crippen LogP contribution < -0.4 is 20.1 Å². The molecule has 5 rings (SSSR count). The second kappa shape index (κ2) is 9.49. The van der Waals surface area contributed by atoms with E-state index in [1.165, 1.54) is 5.56 Å². The number of ether oxygens (including phenoxy) is 2. The largest absolute Gasteiger partial charge is 0.493 e. The summed E-state index contributed by atoms with van der Waals surface area (Å²) in [6.07, 6.45) is 1.20. The van der Waals surface area contributed by atoms with Gasteiger partial charge in [0.2, 0.25) is 0 Å². The molecule has 2 N–H and O–H groups in total. The fourth-order valence-electron chi connectivity index (χ4n) is 5.16. The summed E-state index contributed by atoms with van der Waals surface area (Å²) >= 11 is 0. The minimum atomic E-state index is -0.207. The molecule has 0 saturated carbocycles. The lowest BCUT2D eigenvalue weighted by atomic mass is 9.78. The van der Waals surface area contributed by atoms with Gasteiger partial charge in [-0.25, -0.2) is 0 Å². The van der Waals surface area contributed by atoms with E-state index in [1.807, 2.05) is 30.3 Å². The van der Waals surface area contributed by atoms with Crippen molar-refractivity contribution in [2.24, 2.45) is 0 Å². The van der Waals surface area contributed by atoms with E-state index in [2.05, 4.69) is 60.9 Å². The second-order valence-electron chi connectivity index (χ2n) is 9.60. The molecule has 0 aromatic heterocycles. The van der Waals surface area contributed by atoms with Crippen LogP contribution in [0.25, 0.3) is 0 Å². The highest BCUT2D eigenvalue weighted by Crippen LogP contribution is 2.45. The first-order chi connectivity index (χ1) is 17.0. The number of para-hydroxylation sites is 2. The van der Waals surface area contributed by atoms with Crippen molar-refractivity contribution in [3.8, 4) is 11.5 Å². The van der Waals surface area contributed by atoms with Crippen LogP contribution >= 0.6 is 0 Å². The van der Waals surface area contributed by atoms with Crippen LogP contribution in [0.1, 0.15) is 61.3 Å². The van der Waals surface area contributed by atoms with Crippen LogP contribution in [0.2, 0.25) is 0 Å². The van der Waals surface area contributed by atoms with Gasteiger partial charge < -0.3 is 20.1 Å². The summed E-state index contributed by atoms with van der Waals surface area (Å²) in [5.74, 6) is 2.05. The van der Waals surface area contributed by atoms with Crippen LogP contribution in [0, 0.1) is 0 Å². The molecule has 0 saturated heterocycles. The number of hydrogen-bond donors (Lipinski definition) is 2. The van der Waals surface area contributed by atoms with Gasteiger partial charge in [-0.05, 0) is 59.2 Å². The third-order valence-corrected chi connectivity index (χ3v) is 7.12. The molecule has 3 aromatic carbocycles. The van der Waals surface area contributed by atoms with E-state index in [0.717, 1.165) is 40.2 Å². The SMILES string of the molecule is COc1ccc([C@H]2CC(=O)C3=C(C2)Nc2ccccc2N[C@@H]3c2ccc(C(C)C)cc2)cc1OC. The minimum absolute atomic E-state index is 0.0581. The number of anilines is 2. The molecule has 180 valence electrons. The quantitative estimate of drug-likeness (QED) is 0.431. The van der Waals surface area contributed by atoms with Crippen molar-refractivity contribution in [3.63, 3.8) is 0 Å². The Hall–Kier alpha value is -3.73. The first kappa shape index (κ1) is 23.0. The molecule has 0 unspecified atom stereocenters. The summed E-state index contributed by atoms with van der Waals surface area (Å²) in [6.45, 7) is 4.39. The Morgan fingerprint density at radius 1 is 0.829 bits per heavy atom. The molecular formula is C30H32N2O3. The van der Waals surface area contributed by atoms with E-state index in [4.69, 9.17) is 9.47 Å². The Morgan fingerprint density at radius 2 is 1.51 bits per heavy atom. The van der Waals surface area contributed by atoms with Gasteiger partial charge in [-0.1, -0.05) is 56.3 Å². The lowest BCUT2D eigenvalue weighted by Gasteiger charge is -2.30. The number of allylic oxidation sites excluding steroid dienone is 1. The number of rotatable bonds is 5. The van der Waals surface area contributed by atoms with Gasteiger partial charge in [0.25, 0.3) is 0 Å². The minimum Gasteiger partial charge on any atom is -0.493 e. The first-order valence-electron chi connectivity index (χ1n) is 12.2. The van der Waals surface area contributed by atoms with Crippen molar-refractivity contribution in [2.45, 2.75) is 44.6 Å². The zero-order valence-corrected chi connectivity index (χ0v) is 20.7. The first-order valence-corrected chi connectivity index (χ1v) is 12.2. The van der Waals surface area contributed by atoms with Gasteiger partial charge in [0.15, 0.2) is 17.3 Å². The zero-order valence-electron chi connectivity index (χ0n) is 20.7. The van der Waals surface area contributed by atoms with Crippen molar-refractivity contribution in [3.05, 3.63) is 94.7 Å². The van der Waals surface area contributed by atoms with Gasteiger partial charge in [0.1, 0.15) is 0 Å². The molecule has 2 aliphatic rings.